The van der Waals surface area contributed by atoms with Crippen LogP contribution >= 0.6 is 0 Å². The van der Waals surface area contributed by atoms with Crippen LogP contribution < -0.4 is 5.32 Å². The lowest BCUT2D eigenvalue weighted by atomic mass is 9.93. The van der Waals surface area contributed by atoms with Crippen molar-refractivity contribution >= 4 is 0 Å². The number of nitrogens with one attached hydrogen (secondary N) is 1. The van der Waals surface area contributed by atoms with Crippen LogP contribution in [0, 0.1) is 5.41 Å². The minimum atomic E-state index is 0.423. The summed E-state index contributed by atoms with van der Waals surface area (Å²) < 4.78 is 0. The molecule has 0 spiro atoms. The Labute approximate surface area is 107 Å². The quantitative estimate of drug-likeness (QED) is 0.803. The Bertz CT molecular complexity index is 240. The van der Waals surface area contributed by atoms with E-state index in [1.54, 1.807) is 0 Å². The summed E-state index contributed by atoms with van der Waals surface area (Å²) in [6.45, 7) is 15.6. The van der Waals surface area contributed by atoms with Crippen LogP contribution in [0.1, 0.15) is 33.6 Å². The highest BCUT2D eigenvalue weighted by atomic mass is 15.2. The fourth-order valence-electron chi connectivity index (χ4n) is 3.38. The SMILES string of the molecule is CCN1CCCC1CN1CCNCC(C)(C)C1. The van der Waals surface area contributed by atoms with Gasteiger partial charge in [-0.15, -0.1) is 0 Å². The first-order chi connectivity index (χ1) is 8.11. The Kier molecular flexibility index (Phi) is 4.45. The Hall–Kier alpha value is -0.120. The van der Waals surface area contributed by atoms with Gasteiger partial charge in [0.2, 0.25) is 0 Å². The first-order valence-electron chi connectivity index (χ1n) is 7.28. The number of hydrogen-bond acceptors (Lipinski definition) is 3. The molecule has 100 valence electrons. The summed E-state index contributed by atoms with van der Waals surface area (Å²) in [5.41, 5.74) is 0.423. The minimum absolute atomic E-state index is 0.423. The molecule has 0 aromatic heterocycles. The highest BCUT2D eigenvalue weighted by Crippen LogP contribution is 2.22. The summed E-state index contributed by atoms with van der Waals surface area (Å²) in [5.74, 6) is 0. The van der Waals surface area contributed by atoms with Gasteiger partial charge in [0.15, 0.2) is 0 Å². The van der Waals surface area contributed by atoms with Crippen LogP contribution in [0.25, 0.3) is 0 Å². The van der Waals surface area contributed by atoms with E-state index in [0.29, 0.717) is 5.41 Å². The number of rotatable bonds is 3. The van der Waals surface area contributed by atoms with Crippen molar-refractivity contribution in [3.63, 3.8) is 0 Å². The molecule has 2 aliphatic rings. The van der Waals surface area contributed by atoms with Gasteiger partial charge >= 0.3 is 0 Å². The van der Waals surface area contributed by atoms with Crippen molar-refractivity contribution in [1.82, 2.24) is 15.1 Å². The molecular weight excluding hydrogens is 210 g/mol. The van der Waals surface area contributed by atoms with E-state index < -0.39 is 0 Å². The molecule has 2 rings (SSSR count). The van der Waals surface area contributed by atoms with Crippen LogP contribution in [0.2, 0.25) is 0 Å². The van der Waals surface area contributed by atoms with E-state index in [1.165, 1.54) is 45.6 Å². The van der Waals surface area contributed by atoms with Crippen molar-refractivity contribution in [2.45, 2.75) is 39.7 Å². The van der Waals surface area contributed by atoms with Crippen LogP contribution in [-0.4, -0.2) is 61.7 Å². The van der Waals surface area contributed by atoms with E-state index in [4.69, 9.17) is 0 Å². The predicted molar refractivity (Wildman–Crippen MR) is 73.4 cm³/mol. The van der Waals surface area contributed by atoms with Gasteiger partial charge in [-0.05, 0) is 31.3 Å². The first kappa shape index (κ1) is 13.3. The minimum Gasteiger partial charge on any atom is -0.315 e. The zero-order valence-electron chi connectivity index (χ0n) is 11.8. The van der Waals surface area contributed by atoms with Gasteiger partial charge in [0.05, 0.1) is 0 Å². The predicted octanol–water partition coefficient (Wildman–Crippen LogP) is 1.40. The molecule has 2 heterocycles. The Balaban J connectivity index is 1.88. The van der Waals surface area contributed by atoms with Crippen LogP contribution in [0.4, 0.5) is 0 Å². The molecule has 3 nitrogen and oxygen atoms in total. The van der Waals surface area contributed by atoms with Crippen molar-refractivity contribution in [1.29, 1.82) is 0 Å². The van der Waals surface area contributed by atoms with Crippen molar-refractivity contribution in [3.05, 3.63) is 0 Å². The highest BCUT2D eigenvalue weighted by molar-refractivity contribution is 4.86. The summed E-state index contributed by atoms with van der Waals surface area (Å²) in [6.07, 6.45) is 2.80. The maximum absolute atomic E-state index is 3.56. The van der Waals surface area contributed by atoms with E-state index in [-0.39, 0.29) is 0 Å². The van der Waals surface area contributed by atoms with Crippen molar-refractivity contribution in [3.8, 4) is 0 Å². The average Bonchev–Trinajstić information content (AvgIpc) is 2.63. The summed E-state index contributed by atoms with van der Waals surface area (Å²) >= 11 is 0. The second-order valence-electron chi connectivity index (χ2n) is 6.50. The third-order valence-electron chi connectivity index (χ3n) is 4.23. The number of nitrogens with zero attached hydrogens (tertiary/aromatic N) is 2. The maximum atomic E-state index is 3.56. The van der Waals surface area contributed by atoms with Gasteiger partial charge in [-0.1, -0.05) is 20.8 Å². The van der Waals surface area contributed by atoms with Gasteiger partial charge in [0.1, 0.15) is 0 Å². The molecule has 17 heavy (non-hydrogen) atoms. The molecular formula is C14H29N3. The lowest BCUT2D eigenvalue weighted by Gasteiger charge is -2.33. The number of hydrogen-bond donors (Lipinski definition) is 1. The zero-order chi connectivity index (χ0) is 12.3. The fraction of sp³-hybridized carbons (Fsp3) is 1.00. The lowest BCUT2D eigenvalue weighted by molar-refractivity contribution is 0.150. The molecule has 1 atom stereocenters. The molecule has 2 saturated heterocycles. The highest BCUT2D eigenvalue weighted by Gasteiger charge is 2.29. The molecule has 1 unspecified atom stereocenters. The molecule has 0 amide bonds. The van der Waals surface area contributed by atoms with Gasteiger partial charge in [0, 0.05) is 38.8 Å². The average molecular weight is 239 g/mol. The van der Waals surface area contributed by atoms with E-state index in [0.717, 1.165) is 19.1 Å². The molecule has 2 fully saturated rings. The van der Waals surface area contributed by atoms with Gasteiger partial charge in [-0.3, -0.25) is 9.80 Å². The summed E-state index contributed by atoms with van der Waals surface area (Å²) in [7, 11) is 0. The van der Waals surface area contributed by atoms with Crippen LogP contribution in [0.3, 0.4) is 0 Å². The van der Waals surface area contributed by atoms with E-state index in [2.05, 4.69) is 35.9 Å². The molecule has 0 bridgehead atoms. The van der Waals surface area contributed by atoms with Gasteiger partial charge < -0.3 is 5.32 Å². The Morgan fingerprint density at radius 2 is 2.12 bits per heavy atom. The summed E-state index contributed by atoms with van der Waals surface area (Å²) in [4.78, 5) is 5.34. The van der Waals surface area contributed by atoms with Crippen molar-refractivity contribution in [2.75, 3.05) is 45.8 Å². The second kappa shape index (κ2) is 5.68. The smallest absolute Gasteiger partial charge is 0.0223 e. The van der Waals surface area contributed by atoms with E-state index >= 15 is 0 Å². The number of likely N-dealkylation sites (N-methyl/N-ethyl adjacent to an activating group) is 1. The van der Waals surface area contributed by atoms with Gasteiger partial charge in [-0.25, -0.2) is 0 Å². The van der Waals surface area contributed by atoms with E-state index in [9.17, 15) is 0 Å². The van der Waals surface area contributed by atoms with Gasteiger partial charge in [0.25, 0.3) is 0 Å². The molecule has 0 aliphatic carbocycles. The van der Waals surface area contributed by atoms with Crippen LogP contribution in [0.15, 0.2) is 0 Å². The lowest BCUT2D eigenvalue weighted by Crippen LogP contribution is -2.43. The Morgan fingerprint density at radius 1 is 1.29 bits per heavy atom. The third-order valence-corrected chi connectivity index (χ3v) is 4.23. The second-order valence-corrected chi connectivity index (χ2v) is 6.50. The monoisotopic (exact) mass is 239 g/mol. The summed E-state index contributed by atoms with van der Waals surface area (Å²) in [5, 5.41) is 3.56. The molecule has 2 aliphatic heterocycles. The molecule has 3 heteroatoms. The molecule has 0 aromatic carbocycles. The summed E-state index contributed by atoms with van der Waals surface area (Å²) in [6, 6.07) is 0.814. The molecule has 1 N–H and O–H groups in total. The Morgan fingerprint density at radius 3 is 2.88 bits per heavy atom. The maximum Gasteiger partial charge on any atom is 0.0223 e. The number of likely N-dealkylation sites (tertiary alicyclic amines) is 1. The molecule has 0 saturated carbocycles. The largest absolute Gasteiger partial charge is 0.315 e. The van der Waals surface area contributed by atoms with Gasteiger partial charge in [-0.2, -0.15) is 0 Å². The van der Waals surface area contributed by atoms with Crippen LogP contribution in [-0.2, 0) is 0 Å². The van der Waals surface area contributed by atoms with Crippen LogP contribution in [0.5, 0.6) is 0 Å². The van der Waals surface area contributed by atoms with Crippen molar-refractivity contribution < 1.29 is 0 Å². The normalized spacial score (nSPS) is 31.6. The van der Waals surface area contributed by atoms with Crippen molar-refractivity contribution in [2.24, 2.45) is 5.41 Å². The molecule has 0 radical (unpaired) electrons. The molecule has 0 aromatic rings. The van der Waals surface area contributed by atoms with E-state index in [1.807, 2.05) is 0 Å². The zero-order valence-corrected chi connectivity index (χ0v) is 11.8. The standard InChI is InChI=1S/C14H29N3/c1-4-17-8-5-6-13(17)10-16-9-7-15-11-14(2,3)12-16/h13,15H,4-12H2,1-3H3. The fourth-order valence-corrected chi connectivity index (χ4v) is 3.38. The topological polar surface area (TPSA) is 18.5 Å². The third kappa shape index (κ3) is 3.67. The first-order valence-corrected chi connectivity index (χ1v) is 7.28.